The monoisotopic (exact) mass is 362 g/mol. The third-order valence-corrected chi connectivity index (χ3v) is 5.13. The lowest BCUT2D eigenvalue weighted by Crippen LogP contribution is -2.44. The molecule has 3 N–H and O–H groups in total. The van der Waals surface area contributed by atoms with Crippen LogP contribution in [-0.4, -0.2) is 63.0 Å². The van der Waals surface area contributed by atoms with E-state index in [-0.39, 0.29) is 12.0 Å². The van der Waals surface area contributed by atoms with E-state index in [4.69, 9.17) is 4.74 Å². The van der Waals surface area contributed by atoms with Crippen LogP contribution in [0.5, 0.6) is 0 Å². The van der Waals surface area contributed by atoms with Crippen LogP contribution < -0.4 is 10.6 Å². The smallest absolute Gasteiger partial charge is 0.191 e. The fourth-order valence-corrected chi connectivity index (χ4v) is 3.25. The molecule has 1 saturated heterocycles. The van der Waals surface area contributed by atoms with Crippen molar-refractivity contribution in [3.63, 3.8) is 0 Å². The van der Waals surface area contributed by atoms with E-state index in [1.54, 1.807) is 7.05 Å². The third kappa shape index (κ3) is 6.27. The summed E-state index contributed by atoms with van der Waals surface area (Å²) in [5.74, 6) is 0.783. The van der Waals surface area contributed by atoms with Crippen LogP contribution >= 0.6 is 0 Å². The number of ether oxygens (including phenoxy) is 1. The average molecular weight is 363 g/mol. The predicted molar refractivity (Wildman–Crippen MR) is 106 cm³/mol. The minimum absolute atomic E-state index is 0.0109. The van der Waals surface area contributed by atoms with Crippen LogP contribution in [0.3, 0.4) is 0 Å². The Bertz CT molecular complexity index is 571. The van der Waals surface area contributed by atoms with Gasteiger partial charge < -0.3 is 25.4 Å². The van der Waals surface area contributed by atoms with E-state index >= 15 is 0 Å². The molecule has 0 saturated carbocycles. The fraction of sp³-hybridized carbons (Fsp3) is 0.650. The fourth-order valence-electron chi connectivity index (χ4n) is 3.25. The summed E-state index contributed by atoms with van der Waals surface area (Å²) in [6.45, 7) is 7.31. The normalized spacial score (nSPS) is 20.6. The Labute approximate surface area is 157 Å². The molecule has 0 aliphatic carbocycles. The van der Waals surface area contributed by atoms with Crippen molar-refractivity contribution < 1.29 is 9.84 Å². The lowest BCUT2D eigenvalue weighted by molar-refractivity contribution is 0.127. The maximum atomic E-state index is 9.34. The predicted octanol–water partition coefficient (Wildman–Crippen LogP) is 1.59. The Kier molecular flexibility index (Phi) is 8.35. The van der Waals surface area contributed by atoms with Gasteiger partial charge in [-0.3, -0.25) is 4.99 Å². The van der Waals surface area contributed by atoms with E-state index < -0.39 is 0 Å². The Morgan fingerprint density at radius 3 is 2.81 bits per heavy atom. The lowest BCUT2D eigenvalue weighted by atomic mass is 9.84. The molecule has 0 radical (unpaired) electrons. The van der Waals surface area contributed by atoms with E-state index in [0.717, 1.165) is 51.6 Å². The number of aliphatic hydroxyl groups is 1. The summed E-state index contributed by atoms with van der Waals surface area (Å²) < 4.78 is 5.55. The highest BCUT2D eigenvalue weighted by atomic mass is 16.5. The van der Waals surface area contributed by atoms with Gasteiger partial charge in [0.15, 0.2) is 5.96 Å². The lowest BCUT2D eigenvalue weighted by Gasteiger charge is -2.27. The molecular weight excluding hydrogens is 328 g/mol. The molecule has 1 aromatic carbocycles. The first-order chi connectivity index (χ1) is 12.6. The second-order valence-electron chi connectivity index (χ2n) is 7.21. The van der Waals surface area contributed by atoms with Crippen molar-refractivity contribution in [2.24, 2.45) is 10.4 Å². The highest BCUT2D eigenvalue weighted by molar-refractivity contribution is 5.79. The molecule has 1 aliphatic heterocycles. The maximum absolute atomic E-state index is 9.34. The minimum Gasteiger partial charge on any atom is -0.396 e. The van der Waals surface area contributed by atoms with Crippen LogP contribution in [-0.2, 0) is 17.8 Å². The van der Waals surface area contributed by atoms with Crippen molar-refractivity contribution in [3.8, 4) is 0 Å². The number of nitrogens with one attached hydrogen (secondary N) is 2. The van der Waals surface area contributed by atoms with Crippen LogP contribution in [0.2, 0.25) is 0 Å². The number of hydrogen-bond acceptors (Lipinski definition) is 4. The molecule has 0 bridgehead atoms. The van der Waals surface area contributed by atoms with Gasteiger partial charge in [-0.1, -0.05) is 31.2 Å². The largest absolute Gasteiger partial charge is 0.396 e. The van der Waals surface area contributed by atoms with E-state index in [2.05, 4.69) is 58.8 Å². The van der Waals surface area contributed by atoms with Gasteiger partial charge in [-0.05, 0) is 37.6 Å². The number of nitrogens with zero attached hydrogens (tertiary/aromatic N) is 2. The van der Waals surface area contributed by atoms with E-state index in [9.17, 15) is 5.11 Å². The van der Waals surface area contributed by atoms with Gasteiger partial charge in [0.25, 0.3) is 0 Å². The molecule has 6 nitrogen and oxygen atoms in total. The second-order valence-corrected chi connectivity index (χ2v) is 7.21. The minimum atomic E-state index is 0.0109. The molecule has 1 aromatic rings. The van der Waals surface area contributed by atoms with Crippen LogP contribution in [0.4, 0.5) is 0 Å². The number of aliphatic imine (C=N–C) groups is 1. The second kappa shape index (κ2) is 10.5. The maximum Gasteiger partial charge on any atom is 0.191 e. The molecule has 146 valence electrons. The Morgan fingerprint density at radius 1 is 1.35 bits per heavy atom. The van der Waals surface area contributed by atoms with Gasteiger partial charge >= 0.3 is 0 Å². The number of guanidine groups is 1. The number of hydrogen-bond donors (Lipinski definition) is 3. The SMILES string of the molecule is CCN(C)Cc1cccc(CNC(=NC)NCC2(CCO)CCOC2)c1. The first kappa shape index (κ1) is 20.7. The molecule has 1 unspecified atom stereocenters. The van der Waals surface area contributed by atoms with E-state index in [1.807, 2.05) is 0 Å². The van der Waals surface area contributed by atoms with E-state index in [0.29, 0.717) is 6.61 Å². The molecule has 1 fully saturated rings. The zero-order valence-electron chi connectivity index (χ0n) is 16.4. The highest BCUT2D eigenvalue weighted by Gasteiger charge is 2.34. The number of benzene rings is 1. The summed E-state index contributed by atoms with van der Waals surface area (Å²) in [7, 11) is 3.91. The van der Waals surface area contributed by atoms with Gasteiger partial charge in [-0.15, -0.1) is 0 Å². The molecule has 2 rings (SSSR count). The third-order valence-electron chi connectivity index (χ3n) is 5.13. The zero-order valence-corrected chi connectivity index (χ0v) is 16.4. The van der Waals surface area contributed by atoms with Crippen molar-refractivity contribution in [2.75, 3.05) is 47.0 Å². The van der Waals surface area contributed by atoms with Crippen LogP contribution in [0, 0.1) is 5.41 Å². The van der Waals surface area contributed by atoms with Gasteiger partial charge in [0.1, 0.15) is 0 Å². The zero-order chi connectivity index (χ0) is 18.8. The first-order valence-corrected chi connectivity index (χ1v) is 9.50. The molecule has 1 atom stereocenters. The van der Waals surface area contributed by atoms with Crippen LogP contribution in [0.15, 0.2) is 29.3 Å². The molecule has 0 spiro atoms. The van der Waals surface area contributed by atoms with Crippen LogP contribution in [0.25, 0.3) is 0 Å². The Morgan fingerprint density at radius 2 is 2.15 bits per heavy atom. The number of aliphatic hydroxyl groups excluding tert-OH is 1. The van der Waals surface area contributed by atoms with Gasteiger partial charge in [-0.2, -0.15) is 0 Å². The van der Waals surface area contributed by atoms with Crippen molar-refractivity contribution in [1.82, 2.24) is 15.5 Å². The summed E-state index contributed by atoms with van der Waals surface area (Å²) in [4.78, 5) is 6.61. The Hall–Kier alpha value is -1.63. The quantitative estimate of drug-likeness (QED) is 0.460. The first-order valence-electron chi connectivity index (χ1n) is 9.50. The van der Waals surface area contributed by atoms with Gasteiger partial charge in [-0.25, -0.2) is 0 Å². The van der Waals surface area contributed by atoms with Crippen molar-refractivity contribution in [2.45, 2.75) is 32.9 Å². The molecule has 26 heavy (non-hydrogen) atoms. The topological polar surface area (TPSA) is 69.1 Å². The Balaban J connectivity index is 1.86. The van der Waals surface area contributed by atoms with Crippen molar-refractivity contribution in [1.29, 1.82) is 0 Å². The molecule has 0 aromatic heterocycles. The molecule has 1 aliphatic rings. The van der Waals surface area contributed by atoms with Crippen molar-refractivity contribution in [3.05, 3.63) is 35.4 Å². The average Bonchev–Trinajstić information content (AvgIpc) is 3.11. The van der Waals surface area contributed by atoms with Crippen molar-refractivity contribution >= 4 is 5.96 Å². The standard InChI is InChI=1S/C20H34N4O2/c1-4-24(3)14-18-7-5-6-17(12-18)13-22-19(21-2)23-15-20(8-10-25)9-11-26-16-20/h5-7,12,25H,4,8-11,13-16H2,1-3H3,(H2,21,22,23). The molecule has 1 heterocycles. The number of rotatable bonds is 9. The molecule has 0 amide bonds. The summed E-state index contributed by atoms with van der Waals surface area (Å²) >= 11 is 0. The van der Waals surface area contributed by atoms with Gasteiger partial charge in [0.05, 0.1) is 6.61 Å². The highest BCUT2D eigenvalue weighted by Crippen LogP contribution is 2.31. The summed E-state index contributed by atoms with van der Waals surface area (Å²) in [6.07, 6.45) is 1.73. The molecule has 6 heteroatoms. The van der Waals surface area contributed by atoms with Gasteiger partial charge in [0, 0.05) is 45.3 Å². The summed E-state index contributed by atoms with van der Waals surface area (Å²) in [6, 6.07) is 8.65. The van der Waals surface area contributed by atoms with Gasteiger partial charge in [0.2, 0.25) is 0 Å². The van der Waals surface area contributed by atoms with E-state index in [1.165, 1.54) is 11.1 Å². The molecular formula is C20H34N4O2. The van der Waals surface area contributed by atoms with Crippen LogP contribution in [0.1, 0.15) is 30.9 Å². The summed E-state index contributed by atoms with van der Waals surface area (Å²) in [5.41, 5.74) is 2.57. The summed E-state index contributed by atoms with van der Waals surface area (Å²) in [5, 5.41) is 16.1.